The molecule has 0 aromatic heterocycles. The molecule has 11 heteroatoms. The van der Waals surface area contributed by atoms with Crippen molar-refractivity contribution in [1.82, 2.24) is 14.5 Å². The van der Waals surface area contributed by atoms with Crippen molar-refractivity contribution in [2.45, 2.75) is 94.9 Å². The van der Waals surface area contributed by atoms with Crippen molar-refractivity contribution in [3.05, 3.63) is 70.3 Å². The molecule has 5 aliphatic rings. The van der Waals surface area contributed by atoms with Gasteiger partial charge in [-0.3, -0.25) is 14.6 Å². The van der Waals surface area contributed by atoms with Crippen molar-refractivity contribution >= 4 is 33.2 Å². The fourth-order valence-electron chi connectivity index (χ4n) is 9.73. The van der Waals surface area contributed by atoms with Crippen molar-refractivity contribution in [3.8, 4) is 5.75 Å². The Hall–Kier alpha value is -2.63. The maximum atomic E-state index is 13.7. The summed E-state index contributed by atoms with van der Waals surface area (Å²) in [5.74, 6) is 0.496. The van der Waals surface area contributed by atoms with Gasteiger partial charge in [0, 0.05) is 74.5 Å². The maximum Gasteiger partial charge on any atom is 0.264 e. The summed E-state index contributed by atoms with van der Waals surface area (Å²) in [7, 11) is -2.10. The summed E-state index contributed by atoms with van der Waals surface area (Å²) < 4.78 is 43.1. The number of hydrogen-bond acceptors (Lipinski definition) is 8. The van der Waals surface area contributed by atoms with E-state index in [1.807, 2.05) is 32.2 Å². The van der Waals surface area contributed by atoms with Gasteiger partial charge in [0.1, 0.15) is 11.4 Å². The van der Waals surface area contributed by atoms with Gasteiger partial charge < -0.3 is 14.4 Å². The summed E-state index contributed by atoms with van der Waals surface area (Å²) in [6.07, 6.45) is 10.1. The third-order valence-corrected chi connectivity index (χ3v) is 15.6. The molecule has 2 fully saturated rings. The normalized spacial score (nSPS) is 33.1. The highest BCUT2D eigenvalue weighted by molar-refractivity contribution is 7.90. The molecule has 1 saturated heterocycles. The number of sulfonamides is 1. The van der Waals surface area contributed by atoms with E-state index in [0.717, 1.165) is 94.4 Å². The Labute approximate surface area is 322 Å². The maximum absolute atomic E-state index is 13.7. The molecule has 53 heavy (non-hydrogen) atoms. The topological polar surface area (TPSA) is 91.4 Å². The van der Waals surface area contributed by atoms with E-state index in [1.54, 1.807) is 13.0 Å². The quantitative estimate of drug-likeness (QED) is 0.346. The van der Waals surface area contributed by atoms with Crippen LogP contribution in [0.2, 0.25) is 5.02 Å². The van der Waals surface area contributed by atoms with Crippen molar-refractivity contribution in [1.29, 1.82) is 0 Å². The molecule has 2 aliphatic carbocycles. The van der Waals surface area contributed by atoms with Gasteiger partial charge in [-0.05, 0) is 125 Å². The van der Waals surface area contributed by atoms with Gasteiger partial charge >= 0.3 is 0 Å². The van der Waals surface area contributed by atoms with Crippen LogP contribution in [-0.2, 0) is 26.6 Å². The molecule has 9 nitrogen and oxygen atoms in total. The predicted octanol–water partition coefficient (Wildman–Crippen LogP) is 6.68. The zero-order valence-electron chi connectivity index (χ0n) is 32.5. The summed E-state index contributed by atoms with van der Waals surface area (Å²) in [4.78, 5) is 21.2. The molecule has 2 bridgehead atoms. The molecule has 6 atom stereocenters. The minimum atomic E-state index is -3.95. The van der Waals surface area contributed by atoms with Crippen LogP contribution in [0.4, 0.5) is 5.69 Å². The van der Waals surface area contributed by atoms with Crippen LogP contribution in [0.3, 0.4) is 0 Å². The Morgan fingerprint density at radius 1 is 1.06 bits per heavy atom. The number of piperazine rings is 1. The largest absolute Gasteiger partial charge is 0.490 e. The van der Waals surface area contributed by atoms with E-state index in [0.29, 0.717) is 24.5 Å². The lowest BCUT2D eigenvalue weighted by Gasteiger charge is -2.52. The number of aryl methyl sites for hydroxylation is 1. The number of rotatable bonds is 3. The Morgan fingerprint density at radius 2 is 1.83 bits per heavy atom. The van der Waals surface area contributed by atoms with Crippen LogP contribution in [0, 0.1) is 17.8 Å². The first kappa shape index (κ1) is 38.6. The highest BCUT2D eigenvalue weighted by Crippen LogP contribution is 2.49. The van der Waals surface area contributed by atoms with Crippen LogP contribution >= 0.6 is 11.6 Å². The molecule has 2 aromatic carbocycles. The van der Waals surface area contributed by atoms with E-state index >= 15 is 0 Å². The molecule has 3 aliphatic heterocycles. The van der Waals surface area contributed by atoms with Crippen LogP contribution in [0.15, 0.2) is 48.6 Å². The van der Waals surface area contributed by atoms with Gasteiger partial charge in [0.05, 0.1) is 17.5 Å². The average Bonchev–Trinajstić information content (AvgIpc) is 3.25. The minimum absolute atomic E-state index is 0.133. The number of allylic oxidation sites excluding steroid dienone is 1. The lowest BCUT2D eigenvalue weighted by atomic mass is 9.63. The molecule has 1 N–H and O–H groups in total. The van der Waals surface area contributed by atoms with Gasteiger partial charge in [-0.1, -0.05) is 36.7 Å². The van der Waals surface area contributed by atoms with E-state index in [9.17, 15) is 13.2 Å². The first-order chi connectivity index (χ1) is 25.1. The van der Waals surface area contributed by atoms with E-state index in [-0.39, 0.29) is 22.8 Å². The van der Waals surface area contributed by atoms with Crippen LogP contribution in [0.5, 0.6) is 5.75 Å². The smallest absolute Gasteiger partial charge is 0.264 e. The second-order valence-corrected chi connectivity index (χ2v) is 20.1. The van der Waals surface area contributed by atoms with Crippen LogP contribution < -0.4 is 14.4 Å². The molecule has 7 rings (SSSR count). The Bertz CT molecular complexity index is 1820. The minimum Gasteiger partial charge on any atom is -0.490 e. The van der Waals surface area contributed by atoms with Crippen molar-refractivity contribution in [2.24, 2.45) is 17.8 Å². The monoisotopic (exact) mass is 766 g/mol. The zero-order chi connectivity index (χ0) is 37.8. The van der Waals surface area contributed by atoms with Crippen molar-refractivity contribution in [2.75, 3.05) is 64.4 Å². The fourth-order valence-corrected chi connectivity index (χ4v) is 11.2. The molecule has 1 saturated carbocycles. The lowest BCUT2D eigenvalue weighted by molar-refractivity contribution is -0.0975. The van der Waals surface area contributed by atoms with E-state index in [2.05, 4.69) is 64.5 Å². The number of nitrogens with zero attached hydrogens (tertiary/aromatic N) is 3. The number of benzene rings is 2. The van der Waals surface area contributed by atoms with E-state index in [4.69, 9.17) is 21.1 Å². The van der Waals surface area contributed by atoms with Gasteiger partial charge in [-0.15, -0.1) is 0 Å². The summed E-state index contributed by atoms with van der Waals surface area (Å²) in [5, 5.41) is -0.0256. The summed E-state index contributed by atoms with van der Waals surface area (Å²) in [6.45, 7) is 17.3. The van der Waals surface area contributed by atoms with Crippen LogP contribution in [0.1, 0.15) is 88.2 Å². The third kappa shape index (κ3) is 7.65. The molecule has 3 heterocycles. The molecule has 290 valence electrons. The molecule has 0 radical (unpaired) electrons. The van der Waals surface area contributed by atoms with Crippen LogP contribution in [0.25, 0.3) is 0 Å². The lowest BCUT2D eigenvalue weighted by Crippen LogP contribution is -2.60. The molecule has 2 aromatic rings. The Morgan fingerprint density at radius 3 is 2.53 bits per heavy atom. The van der Waals surface area contributed by atoms with Gasteiger partial charge in [-0.2, -0.15) is 0 Å². The number of carbonyl (C=O) groups is 1. The van der Waals surface area contributed by atoms with Gasteiger partial charge in [-0.25, -0.2) is 13.1 Å². The summed E-state index contributed by atoms with van der Waals surface area (Å²) >= 11 is 6.51. The van der Waals surface area contributed by atoms with E-state index < -0.39 is 26.8 Å². The highest BCUT2D eigenvalue weighted by atomic mass is 35.5. The van der Waals surface area contributed by atoms with Gasteiger partial charge in [0.25, 0.3) is 5.91 Å². The molecule has 1 spiro atoms. The number of nitrogens with one attached hydrogen (secondary N) is 1. The Balaban J connectivity index is 1.28. The number of methoxy groups -OCH3 is 1. The molecule has 0 unspecified atom stereocenters. The number of halogens is 1. The SMILES string of the molecule is CO[C@@]1(CN2CCN(C(C)(C)C)CC2)/C=C/C[C@H](C)[C@@H](C)S(=O)(=O)NC(=O)c2ccc3c(c2)N(C[C@@H]2CC[C@H]21)C[C@@]1(CCCc2cc(Cl)ccc21)CO3. The molecular formula is C42H59ClN4O5S. The number of anilines is 1. The van der Waals surface area contributed by atoms with Crippen LogP contribution in [-0.4, -0.2) is 100 Å². The fraction of sp³-hybridized carbons (Fsp3) is 0.643. The van der Waals surface area contributed by atoms with Crippen molar-refractivity contribution < 1.29 is 22.7 Å². The predicted molar refractivity (Wildman–Crippen MR) is 213 cm³/mol. The van der Waals surface area contributed by atoms with E-state index in [1.165, 1.54) is 11.1 Å². The number of fused-ring (bicyclic) bond motifs is 4. The standard InChI is InChI=1S/C42H59ClN4O5S/c1-29-9-7-18-42(51-6,27-45-19-21-47(22-20-45)40(3,4)5)36-14-11-33(36)25-46-26-41(17-8-10-31-23-34(43)13-15-35(31)41)28-52-38-16-12-32(24-37(38)46)39(48)44-53(49,50)30(29)2/h7,12-13,15-16,18,23-24,29-30,33,36H,8-11,14,17,19-22,25-28H2,1-6H3,(H,44,48)/b18-7+/t29-,30+,33-,36+,41-,42+/m0/s1. The zero-order valence-corrected chi connectivity index (χ0v) is 34.1. The number of amides is 1. The van der Waals surface area contributed by atoms with Gasteiger partial charge in [0.15, 0.2) is 0 Å². The number of carbonyl (C=O) groups excluding carboxylic acids is 1. The number of hydrogen-bond donors (Lipinski definition) is 1. The third-order valence-electron chi connectivity index (χ3n) is 13.4. The average molecular weight is 767 g/mol. The second kappa shape index (κ2) is 14.8. The summed E-state index contributed by atoms with van der Waals surface area (Å²) in [5.41, 5.74) is 3.05. The highest BCUT2D eigenvalue weighted by Gasteiger charge is 2.50. The Kier molecular flexibility index (Phi) is 10.8. The first-order valence-corrected chi connectivity index (χ1v) is 21.6. The number of ether oxygens (including phenoxy) is 2. The van der Waals surface area contributed by atoms with Crippen molar-refractivity contribution in [3.63, 3.8) is 0 Å². The first-order valence-electron chi connectivity index (χ1n) is 19.7. The van der Waals surface area contributed by atoms with Gasteiger partial charge in [0.2, 0.25) is 10.0 Å². The molecule has 1 amide bonds. The second-order valence-electron chi connectivity index (χ2n) is 17.6. The summed E-state index contributed by atoms with van der Waals surface area (Å²) in [6, 6.07) is 11.7. The molecular weight excluding hydrogens is 708 g/mol.